The molecule has 0 amide bonds. The number of nitrogens with one attached hydrogen (secondary N) is 1. The molecule has 2 aromatic rings. The topological polar surface area (TPSA) is 29.9 Å². The van der Waals surface area contributed by atoms with Crippen molar-refractivity contribution in [3.8, 4) is 0 Å². The van der Waals surface area contributed by atoms with E-state index in [2.05, 4.69) is 48.5 Å². The van der Waals surface area contributed by atoms with Crippen LogP contribution in [0.3, 0.4) is 0 Å². The predicted molar refractivity (Wildman–Crippen MR) is 69.6 cm³/mol. The fraction of sp³-hybridized carbons (Fsp3) is 0.357. The summed E-state index contributed by atoms with van der Waals surface area (Å²) in [7, 11) is 1.97. The van der Waals surface area contributed by atoms with Crippen molar-refractivity contribution in [2.75, 3.05) is 0 Å². The Kier molecular flexibility index (Phi) is 3.59. The average Bonchev–Trinajstić information content (AvgIpc) is 2.72. The Morgan fingerprint density at radius 3 is 2.82 bits per heavy atom. The van der Waals surface area contributed by atoms with Crippen LogP contribution in [0.2, 0.25) is 0 Å². The third-order valence-corrected chi connectivity index (χ3v) is 3.05. The van der Waals surface area contributed by atoms with Crippen LogP contribution >= 0.6 is 0 Å². The standard InChI is InChI=1S/C14H19N3/c1-11-5-4-6-13(9-11)12(2)15-10-14-7-8-16-17(14)3/h4-9,12,15H,10H2,1-3H3/t12-/m0/s1. The summed E-state index contributed by atoms with van der Waals surface area (Å²) in [5.41, 5.74) is 3.83. The number of benzene rings is 1. The monoisotopic (exact) mass is 229 g/mol. The Morgan fingerprint density at radius 2 is 2.18 bits per heavy atom. The Balaban J connectivity index is 1.98. The van der Waals surface area contributed by atoms with Crippen molar-refractivity contribution in [1.29, 1.82) is 0 Å². The van der Waals surface area contributed by atoms with Gasteiger partial charge in [0.1, 0.15) is 0 Å². The first-order valence-electron chi connectivity index (χ1n) is 5.93. The second-order valence-electron chi connectivity index (χ2n) is 4.46. The molecule has 0 aliphatic rings. The maximum Gasteiger partial charge on any atom is 0.0518 e. The molecule has 1 atom stereocenters. The zero-order valence-electron chi connectivity index (χ0n) is 10.6. The molecule has 1 N–H and O–H groups in total. The number of aryl methyl sites for hydroxylation is 2. The van der Waals surface area contributed by atoms with Crippen molar-refractivity contribution in [3.63, 3.8) is 0 Å². The molecule has 0 aliphatic carbocycles. The molecule has 1 heterocycles. The highest BCUT2D eigenvalue weighted by molar-refractivity contribution is 5.24. The van der Waals surface area contributed by atoms with Crippen LogP contribution in [-0.4, -0.2) is 9.78 Å². The molecule has 0 radical (unpaired) electrons. The lowest BCUT2D eigenvalue weighted by molar-refractivity contribution is 0.548. The summed E-state index contributed by atoms with van der Waals surface area (Å²) in [5.74, 6) is 0. The van der Waals surface area contributed by atoms with E-state index in [4.69, 9.17) is 0 Å². The van der Waals surface area contributed by atoms with Gasteiger partial charge in [-0.25, -0.2) is 0 Å². The molecule has 3 heteroatoms. The lowest BCUT2D eigenvalue weighted by Gasteiger charge is -2.14. The van der Waals surface area contributed by atoms with E-state index >= 15 is 0 Å². The molecule has 0 fully saturated rings. The highest BCUT2D eigenvalue weighted by atomic mass is 15.3. The molecule has 90 valence electrons. The number of nitrogens with zero attached hydrogens (tertiary/aromatic N) is 2. The number of hydrogen-bond donors (Lipinski definition) is 1. The lowest BCUT2D eigenvalue weighted by Crippen LogP contribution is -2.19. The van der Waals surface area contributed by atoms with Crippen LogP contribution in [0, 0.1) is 6.92 Å². The summed E-state index contributed by atoms with van der Waals surface area (Å²) in [5, 5.41) is 7.67. The first-order chi connectivity index (χ1) is 8.16. The Morgan fingerprint density at radius 1 is 1.35 bits per heavy atom. The van der Waals surface area contributed by atoms with E-state index in [0.717, 1.165) is 6.54 Å². The highest BCUT2D eigenvalue weighted by Gasteiger charge is 2.06. The molecule has 0 saturated heterocycles. The van der Waals surface area contributed by atoms with Crippen molar-refractivity contribution >= 4 is 0 Å². The van der Waals surface area contributed by atoms with Crippen LogP contribution in [0.1, 0.15) is 29.8 Å². The zero-order chi connectivity index (χ0) is 12.3. The summed E-state index contributed by atoms with van der Waals surface area (Å²) in [6, 6.07) is 11.0. The number of aromatic nitrogens is 2. The second-order valence-corrected chi connectivity index (χ2v) is 4.46. The lowest BCUT2D eigenvalue weighted by atomic mass is 10.1. The Hall–Kier alpha value is -1.61. The van der Waals surface area contributed by atoms with E-state index < -0.39 is 0 Å². The molecule has 0 saturated carbocycles. The molecule has 1 aromatic carbocycles. The van der Waals surface area contributed by atoms with Crippen molar-refractivity contribution in [1.82, 2.24) is 15.1 Å². The van der Waals surface area contributed by atoms with Gasteiger partial charge in [-0.3, -0.25) is 4.68 Å². The normalized spacial score (nSPS) is 12.6. The van der Waals surface area contributed by atoms with Crippen molar-refractivity contribution in [2.45, 2.75) is 26.4 Å². The van der Waals surface area contributed by atoms with Gasteiger partial charge in [0.05, 0.1) is 5.69 Å². The van der Waals surface area contributed by atoms with E-state index in [1.165, 1.54) is 16.8 Å². The van der Waals surface area contributed by atoms with Crippen molar-refractivity contribution in [2.24, 2.45) is 7.05 Å². The second kappa shape index (κ2) is 5.15. The van der Waals surface area contributed by atoms with Gasteiger partial charge in [-0.05, 0) is 25.5 Å². The first kappa shape index (κ1) is 11.9. The molecule has 0 unspecified atom stereocenters. The number of rotatable bonds is 4. The summed E-state index contributed by atoms with van der Waals surface area (Å²) < 4.78 is 1.90. The third kappa shape index (κ3) is 2.94. The van der Waals surface area contributed by atoms with E-state index in [1.807, 2.05) is 24.0 Å². The van der Waals surface area contributed by atoms with Gasteiger partial charge in [0.15, 0.2) is 0 Å². The smallest absolute Gasteiger partial charge is 0.0518 e. The van der Waals surface area contributed by atoms with E-state index in [1.54, 1.807) is 0 Å². The minimum Gasteiger partial charge on any atom is -0.305 e. The summed E-state index contributed by atoms with van der Waals surface area (Å²) in [6.07, 6.45) is 1.83. The van der Waals surface area contributed by atoms with Crippen LogP contribution in [0.25, 0.3) is 0 Å². The van der Waals surface area contributed by atoms with Gasteiger partial charge in [0.25, 0.3) is 0 Å². The predicted octanol–water partition coefficient (Wildman–Crippen LogP) is 2.58. The van der Waals surface area contributed by atoms with E-state index in [0.29, 0.717) is 6.04 Å². The maximum atomic E-state index is 4.16. The van der Waals surface area contributed by atoms with Crippen LogP contribution in [0.5, 0.6) is 0 Å². The molecular formula is C14H19N3. The van der Waals surface area contributed by atoms with Crippen LogP contribution in [0.4, 0.5) is 0 Å². The van der Waals surface area contributed by atoms with Gasteiger partial charge in [0.2, 0.25) is 0 Å². The molecule has 2 rings (SSSR count). The zero-order valence-corrected chi connectivity index (χ0v) is 10.6. The third-order valence-electron chi connectivity index (χ3n) is 3.05. The average molecular weight is 229 g/mol. The Bertz CT molecular complexity index is 488. The summed E-state index contributed by atoms with van der Waals surface area (Å²) in [4.78, 5) is 0. The van der Waals surface area contributed by atoms with Crippen LogP contribution < -0.4 is 5.32 Å². The largest absolute Gasteiger partial charge is 0.305 e. The van der Waals surface area contributed by atoms with Crippen molar-refractivity contribution in [3.05, 3.63) is 53.3 Å². The fourth-order valence-corrected chi connectivity index (χ4v) is 1.89. The molecular weight excluding hydrogens is 210 g/mol. The Labute approximate surface area is 102 Å². The van der Waals surface area contributed by atoms with Gasteiger partial charge in [-0.1, -0.05) is 29.8 Å². The molecule has 3 nitrogen and oxygen atoms in total. The van der Waals surface area contributed by atoms with Gasteiger partial charge >= 0.3 is 0 Å². The summed E-state index contributed by atoms with van der Waals surface area (Å²) in [6.45, 7) is 5.15. The highest BCUT2D eigenvalue weighted by Crippen LogP contribution is 2.14. The SMILES string of the molecule is Cc1cccc([C@H](C)NCc2ccnn2C)c1. The molecule has 1 aromatic heterocycles. The summed E-state index contributed by atoms with van der Waals surface area (Å²) >= 11 is 0. The maximum absolute atomic E-state index is 4.16. The van der Waals surface area contributed by atoms with Gasteiger partial charge in [-0.2, -0.15) is 5.10 Å². The molecule has 0 bridgehead atoms. The van der Waals surface area contributed by atoms with Crippen LogP contribution in [-0.2, 0) is 13.6 Å². The first-order valence-corrected chi connectivity index (χ1v) is 5.93. The fourth-order valence-electron chi connectivity index (χ4n) is 1.89. The molecule has 0 spiro atoms. The number of hydrogen-bond acceptors (Lipinski definition) is 2. The van der Waals surface area contributed by atoms with Crippen LogP contribution in [0.15, 0.2) is 36.5 Å². The quantitative estimate of drug-likeness (QED) is 0.873. The molecule has 0 aliphatic heterocycles. The van der Waals surface area contributed by atoms with Crippen molar-refractivity contribution < 1.29 is 0 Å². The van der Waals surface area contributed by atoms with Gasteiger partial charge in [-0.15, -0.1) is 0 Å². The van der Waals surface area contributed by atoms with Gasteiger partial charge < -0.3 is 5.32 Å². The van der Waals surface area contributed by atoms with E-state index in [-0.39, 0.29) is 0 Å². The van der Waals surface area contributed by atoms with Gasteiger partial charge in [0, 0.05) is 25.8 Å². The minimum atomic E-state index is 0.352. The van der Waals surface area contributed by atoms with E-state index in [9.17, 15) is 0 Å². The molecule has 17 heavy (non-hydrogen) atoms. The minimum absolute atomic E-state index is 0.352.